The molecule has 0 radical (unpaired) electrons. The second-order valence-corrected chi connectivity index (χ2v) is 6.46. The highest BCUT2D eigenvalue weighted by molar-refractivity contribution is 5.93. The molecule has 0 saturated heterocycles. The van der Waals surface area contributed by atoms with Crippen LogP contribution in [0.3, 0.4) is 0 Å². The van der Waals surface area contributed by atoms with E-state index in [1.807, 2.05) is 6.92 Å². The lowest BCUT2D eigenvalue weighted by molar-refractivity contribution is -0.116. The van der Waals surface area contributed by atoms with Crippen molar-refractivity contribution in [3.05, 3.63) is 63.3 Å². The quantitative estimate of drug-likeness (QED) is 0.660. The highest BCUT2D eigenvalue weighted by Crippen LogP contribution is 2.28. The van der Waals surface area contributed by atoms with Crippen molar-refractivity contribution in [3.8, 4) is 11.5 Å². The number of fused-ring (bicyclic) bond motifs is 1. The van der Waals surface area contributed by atoms with Gasteiger partial charge >= 0.3 is 5.69 Å². The van der Waals surface area contributed by atoms with E-state index in [0.29, 0.717) is 34.5 Å². The van der Waals surface area contributed by atoms with E-state index in [1.54, 1.807) is 42.5 Å². The molecule has 0 bridgehead atoms. The topological polar surface area (TPSA) is 91.6 Å². The van der Waals surface area contributed by atoms with E-state index < -0.39 is 11.6 Å². The van der Waals surface area contributed by atoms with Gasteiger partial charge in [0.25, 0.3) is 5.56 Å². The molecular weight excluding hydrogens is 374 g/mol. The fraction of sp³-hybridized carbons (Fsp3) is 0.286. The predicted molar refractivity (Wildman–Crippen MR) is 111 cm³/mol. The first-order valence-corrected chi connectivity index (χ1v) is 9.24. The molecule has 0 atom stereocenters. The number of methoxy groups -OCH3 is 2. The molecule has 1 amide bonds. The van der Waals surface area contributed by atoms with E-state index in [4.69, 9.17) is 9.47 Å². The number of anilines is 1. The molecule has 2 aromatic carbocycles. The maximum atomic E-state index is 12.9. The Morgan fingerprint density at radius 1 is 1.03 bits per heavy atom. The van der Waals surface area contributed by atoms with E-state index in [1.165, 1.54) is 23.4 Å². The zero-order valence-corrected chi connectivity index (χ0v) is 16.6. The summed E-state index contributed by atoms with van der Waals surface area (Å²) < 4.78 is 12.9. The summed E-state index contributed by atoms with van der Waals surface area (Å²) in [4.78, 5) is 38.3. The molecule has 0 aliphatic rings. The number of amides is 1. The molecule has 0 unspecified atom stereocenters. The van der Waals surface area contributed by atoms with Crippen LogP contribution in [0, 0.1) is 0 Å². The van der Waals surface area contributed by atoms with Crippen LogP contribution in [0.2, 0.25) is 0 Å². The molecule has 1 aromatic heterocycles. The Labute approximate surface area is 167 Å². The van der Waals surface area contributed by atoms with Gasteiger partial charge in [0, 0.05) is 12.6 Å². The molecule has 0 saturated carbocycles. The third-order valence-electron chi connectivity index (χ3n) is 4.56. The molecular formula is C21H23N3O5. The van der Waals surface area contributed by atoms with Crippen LogP contribution in [0.15, 0.2) is 52.1 Å². The molecule has 0 aliphatic carbocycles. The zero-order chi connectivity index (χ0) is 21.0. The average Bonchev–Trinajstić information content (AvgIpc) is 2.74. The van der Waals surface area contributed by atoms with Crippen LogP contribution in [0.1, 0.15) is 13.3 Å². The van der Waals surface area contributed by atoms with E-state index in [9.17, 15) is 14.4 Å². The third-order valence-corrected chi connectivity index (χ3v) is 4.56. The Bertz CT molecular complexity index is 1160. The van der Waals surface area contributed by atoms with Crippen molar-refractivity contribution in [2.24, 2.45) is 0 Å². The van der Waals surface area contributed by atoms with Gasteiger partial charge in [0.05, 0.1) is 30.8 Å². The number of nitrogens with zero attached hydrogens (tertiary/aromatic N) is 2. The standard InChI is InChI=1S/C21H23N3O5/c1-4-11-23-20(26)15-7-5-6-8-17(15)24(21(23)27)13-19(25)22-16-12-14(28-2)9-10-18(16)29-3/h5-10,12H,4,11,13H2,1-3H3,(H,22,25). The van der Waals surface area contributed by atoms with Crippen molar-refractivity contribution < 1.29 is 14.3 Å². The summed E-state index contributed by atoms with van der Waals surface area (Å²) in [7, 11) is 3.02. The molecule has 0 spiro atoms. The monoisotopic (exact) mass is 397 g/mol. The summed E-state index contributed by atoms with van der Waals surface area (Å²) >= 11 is 0. The average molecular weight is 397 g/mol. The van der Waals surface area contributed by atoms with E-state index >= 15 is 0 Å². The largest absolute Gasteiger partial charge is 0.497 e. The van der Waals surface area contributed by atoms with Gasteiger partial charge < -0.3 is 14.8 Å². The lowest BCUT2D eigenvalue weighted by Crippen LogP contribution is -2.41. The van der Waals surface area contributed by atoms with Gasteiger partial charge in [-0.3, -0.25) is 18.7 Å². The molecule has 0 fully saturated rings. The highest BCUT2D eigenvalue weighted by Gasteiger charge is 2.16. The molecule has 8 nitrogen and oxygen atoms in total. The van der Waals surface area contributed by atoms with Crippen molar-refractivity contribution >= 4 is 22.5 Å². The number of aromatic nitrogens is 2. The SMILES string of the molecule is CCCn1c(=O)c2ccccc2n(CC(=O)Nc2cc(OC)ccc2OC)c1=O. The Balaban J connectivity index is 2.01. The fourth-order valence-corrected chi connectivity index (χ4v) is 3.19. The normalized spacial score (nSPS) is 10.7. The number of para-hydroxylation sites is 1. The van der Waals surface area contributed by atoms with Gasteiger partial charge in [0.15, 0.2) is 0 Å². The van der Waals surface area contributed by atoms with E-state index in [0.717, 1.165) is 0 Å². The smallest absolute Gasteiger partial charge is 0.331 e. The molecule has 29 heavy (non-hydrogen) atoms. The van der Waals surface area contributed by atoms with Gasteiger partial charge in [-0.15, -0.1) is 0 Å². The van der Waals surface area contributed by atoms with Crippen LogP contribution in [0.25, 0.3) is 10.9 Å². The van der Waals surface area contributed by atoms with Crippen molar-refractivity contribution in [1.82, 2.24) is 9.13 Å². The third kappa shape index (κ3) is 4.01. The summed E-state index contributed by atoms with van der Waals surface area (Å²) in [6.07, 6.45) is 0.626. The first kappa shape index (κ1) is 20.2. The summed E-state index contributed by atoms with van der Waals surface area (Å²) in [6, 6.07) is 11.8. The van der Waals surface area contributed by atoms with Gasteiger partial charge in [-0.2, -0.15) is 0 Å². The second-order valence-electron chi connectivity index (χ2n) is 6.46. The van der Waals surface area contributed by atoms with Crippen LogP contribution in [-0.2, 0) is 17.9 Å². The lowest BCUT2D eigenvalue weighted by Gasteiger charge is -2.15. The Morgan fingerprint density at radius 2 is 1.79 bits per heavy atom. The van der Waals surface area contributed by atoms with Crippen molar-refractivity contribution in [3.63, 3.8) is 0 Å². The van der Waals surface area contributed by atoms with Crippen molar-refractivity contribution in [2.45, 2.75) is 26.4 Å². The van der Waals surface area contributed by atoms with Gasteiger partial charge in [0.2, 0.25) is 5.91 Å². The van der Waals surface area contributed by atoms with Gasteiger partial charge in [0.1, 0.15) is 18.0 Å². The van der Waals surface area contributed by atoms with Crippen molar-refractivity contribution in [2.75, 3.05) is 19.5 Å². The van der Waals surface area contributed by atoms with Crippen LogP contribution in [-0.4, -0.2) is 29.3 Å². The summed E-state index contributed by atoms with van der Waals surface area (Å²) in [6.45, 7) is 1.92. The highest BCUT2D eigenvalue weighted by atomic mass is 16.5. The number of hydrogen-bond acceptors (Lipinski definition) is 5. The number of ether oxygens (including phenoxy) is 2. The predicted octanol–water partition coefficient (Wildman–Crippen LogP) is 2.23. The maximum Gasteiger partial charge on any atom is 0.331 e. The lowest BCUT2D eigenvalue weighted by atomic mass is 10.2. The molecule has 3 aromatic rings. The molecule has 1 heterocycles. The Hall–Kier alpha value is -3.55. The molecule has 0 aliphatic heterocycles. The number of carbonyl (C=O) groups is 1. The summed E-state index contributed by atoms with van der Waals surface area (Å²) in [5, 5.41) is 3.15. The summed E-state index contributed by atoms with van der Waals surface area (Å²) in [5.74, 6) is 0.595. The van der Waals surface area contributed by atoms with Crippen LogP contribution < -0.4 is 26.0 Å². The van der Waals surface area contributed by atoms with Crippen LogP contribution >= 0.6 is 0 Å². The number of carbonyl (C=O) groups excluding carboxylic acids is 1. The first-order valence-electron chi connectivity index (χ1n) is 9.24. The second kappa shape index (κ2) is 8.64. The van der Waals surface area contributed by atoms with Crippen molar-refractivity contribution in [1.29, 1.82) is 0 Å². The zero-order valence-electron chi connectivity index (χ0n) is 16.6. The summed E-state index contributed by atoms with van der Waals surface area (Å²) in [5.41, 5.74) is -0.0134. The number of benzene rings is 2. The van der Waals surface area contributed by atoms with E-state index in [2.05, 4.69) is 5.32 Å². The van der Waals surface area contributed by atoms with Crippen LogP contribution in [0.5, 0.6) is 11.5 Å². The minimum Gasteiger partial charge on any atom is -0.497 e. The minimum absolute atomic E-state index is 0.246. The molecule has 152 valence electrons. The van der Waals surface area contributed by atoms with Gasteiger partial charge in [-0.1, -0.05) is 19.1 Å². The first-order chi connectivity index (χ1) is 14.0. The van der Waals surface area contributed by atoms with Gasteiger partial charge in [-0.05, 0) is 30.7 Å². The fourth-order valence-electron chi connectivity index (χ4n) is 3.19. The number of hydrogen-bond donors (Lipinski definition) is 1. The Kier molecular flexibility index (Phi) is 6.01. The number of rotatable bonds is 7. The van der Waals surface area contributed by atoms with Gasteiger partial charge in [-0.25, -0.2) is 4.79 Å². The Morgan fingerprint density at radius 3 is 2.48 bits per heavy atom. The molecule has 8 heteroatoms. The molecule has 1 N–H and O–H groups in total. The minimum atomic E-state index is -0.511. The molecule has 3 rings (SSSR count). The maximum absolute atomic E-state index is 12.9. The van der Waals surface area contributed by atoms with Crippen LogP contribution in [0.4, 0.5) is 5.69 Å². The van der Waals surface area contributed by atoms with E-state index in [-0.39, 0.29) is 18.6 Å². The number of nitrogens with one attached hydrogen (secondary N) is 1.